The van der Waals surface area contributed by atoms with E-state index >= 15 is 0 Å². The first-order valence-corrected chi connectivity index (χ1v) is 6.19. The largest absolute Gasteiger partial charge is 0.390 e. The fourth-order valence-corrected chi connectivity index (χ4v) is 1.73. The molecule has 0 aliphatic rings. The highest BCUT2D eigenvalue weighted by Gasteiger charge is 2.08. The minimum Gasteiger partial charge on any atom is -0.390 e. The molecule has 6 nitrogen and oxygen atoms in total. The Balaban J connectivity index is 2.76. The van der Waals surface area contributed by atoms with Crippen molar-refractivity contribution in [1.29, 1.82) is 0 Å². The van der Waals surface area contributed by atoms with Crippen LogP contribution in [0.15, 0.2) is 17.1 Å². The maximum Gasteiger partial charge on any atom is 0.268 e. The second kappa shape index (κ2) is 7.13. The van der Waals surface area contributed by atoms with E-state index in [0.29, 0.717) is 6.54 Å². The standard InChI is InChI=1S/C12H22N4O2/c1-4-5-15(3)10-6-12(18)16(14-7-10)9-11(17)8-13-2/h6-7,11,13,17H,4-5,8-9H2,1-3H3. The SMILES string of the molecule is CCCN(C)c1cnn(CC(O)CNC)c(=O)c1. The van der Waals surface area contributed by atoms with Gasteiger partial charge in [-0.2, -0.15) is 5.10 Å². The number of likely N-dealkylation sites (N-methyl/N-ethyl adjacent to an activating group) is 1. The van der Waals surface area contributed by atoms with Gasteiger partial charge in [-0.05, 0) is 13.5 Å². The minimum absolute atomic E-state index is 0.189. The maximum atomic E-state index is 11.8. The van der Waals surface area contributed by atoms with Crippen molar-refractivity contribution in [3.63, 3.8) is 0 Å². The predicted octanol–water partition coefficient (Wildman–Crippen LogP) is -0.330. The Bertz CT molecular complexity index is 419. The molecular formula is C12H22N4O2. The average Bonchev–Trinajstić information content (AvgIpc) is 2.32. The Labute approximate surface area is 107 Å². The smallest absolute Gasteiger partial charge is 0.268 e. The second-order valence-corrected chi connectivity index (χ2v) is 4.37. The highest BCUT2D eigenvalue weighted by Crippen LogP contribution is 2.07. The van der Waals surface area contributed by atoms with Crippen molar-refractivity contribution in [3.05, 3.63) is 22.6 Å². The van der Waals surface area contributed by atoms with Crippen LogP contribution in [0, 0.1) is 0 Å². The highest BCUT2D eigenvalue weighted by atomic mass is 16.3. The summed E-state index contributed by atoms with van der Waals surface area (Å²) in [6.07, 6.45) is 2.06. The molecule has 0 bridgehead atoms. The lowest BCUT2D eigenvalue weighted by Crippen LogP contribution is -2.34. The van der Waals surface area contributed by atoms with E-state index in [4.69, 9.17) is 0 Å². The van der Waals surface area contributed by atoms with Crippen molar-refractivity contribution in [2.45, 2.75) is 26.0 Å². The second-order valence-electron chi connectivity index (χ2n) is 4.37. The molecule has 0 aliphatic carbocycles. The van der Waals surface area contributed by atoms with E-state index < -0.39 is 6.10 Å². The van der Waals surface area contributed by atoms with E-state index in [9.17, 15) is 9.90 Å². The Kier molecular flexibility index (Phi) is 5.80. The van der Waals surface area contributed by atoms with Gasteiger partial charge in [0.25, 0.3) is 5.56 Å². The Morgan fingerprint density at radius 2 is 2.33 bits per heavy atom. The molecule has 0 fully saturated rings. The number of nitrogens with zero attached hydrogens (tertiary/aromatic N) is 3. The van der Waals surface area contributed by atoms with Crippen LogP contribution in [-0.2, 0) is 6.54 Å². The van der Waals surface area contributed by atoms with Crippen LogP contribution in [0.2, 0.25) is 0 Å². The van der Waals surface area contributed by atoms with Gasteiger partial charge in [0.05, 0.1) is 24.5 Å². The van der Waals surface area contributed by atoms with E-state index in [-0.39, 0.29) is 12.1 Å². The zero-order valence-electron chi connectivity index (χ0n) is 11.3. The summed E-state index contributed by atoms with van der Waals surface area (Å²) in [5.74, 6) is 0. The molecule has 0 saturated heterocycles. The van der Waals surface area contributed by atoms with Crippen molar-refractivity contribution in [1.82, 2.24) is 15.1 Å². The summed E-state index contributed by atoms with van der Waals surface area (Å²) in [6, 6.07) is 1.55. The van der Waals surface area contributed by atoms with Crippen LogP contribution in [0.5, 0.6) is 0 Å². The molecule has 6 heteroatoms. The third kappa shape index (κ3) is 4.12. The zero-order chi connectivity index (χ0) is 13.5. The molecule has 1 unspecified atom stereocenters. The van der Waals surface area contributed by atoms with Crippen LogP contribution in [-0.4, -0.2) is 48.2 Å². The summed E-state index contributed by atoms with van der Waals surface area (Å²) < 4.78 is 1.28. The summed E-state index contributed by atoms with van der Waals surface area (Å²) in [7, 11) is 3.68. The van der Waals surface area contributed by atoms with E-state index in [1.54, 1.807) is 19.3 Å². The number of nitrogens with one attached hydrogen (secondary N) is 1. The number of hydrogen-bond acceptors (Lipinski definition) is 5. The summed E-state index contributed by atoms with van der Waals surface area (Å²) in [5.41, 5.74) is 0.617. The van der Waals surface area contributed by atoms with Gasteiger partial charge in [-0.1, -0.05) is 6.92 Å². The Morgan fingerprint density at radius 1 is 1.61 bits per heavy atom. The Morgan fingerprint density at radius 3 is 2.89 bits per heavy atom. The summed E-state index contributed by atoms with van der Waals surface area (Å²) in [4.78, 5) is 13.8. The summed E-state index contributed by atoms with van der Waals surface area (Å²) in [5, 5.41) is 16.5. The Hall–Kier alpha value is -1.40. The monoisotopic (exact) mass is 254 g/mol. The number of hydrogen-bond donors (Lipinski definition) is 2. The molecule has 0 aromatic carbocycles. The van der Waals surface area contributed by atoms with Gasteiger partial charge in [0.15, 0.2) is 0 Å². The van der Waals surface area contributed by atoms with Crippen LogP contribution < -0.4 is 15.8 Å². The molecule has 102 valence electrons. The first kappa shape index (κ1) is 14.7. The van der Waals surface area contributed by atoms with Crippen molar-refractivity contribution in [2.24, 2.45) is 0 Å². The third-order valence-corrected chi connectivity index (χ3v) is 2.68. The van der Waals surface area contributed by atoms with Crippen molar-refractivity contribution >= 4 is 5.69 Å². The molecule has 0 radical (unpaired) electrons. The van der Waals surface area contributed by atoms with Gasteiger partial charge >= 0.3 is 0 Å². The molecule has 18 heavy (non-hydrogen) atoms. The fourth-order valence-electron chi connectivity index (χ4n) is 1.73. The van der Waals surface area contributed by atoms with Gasteiger partial charge in [0.2, 0.25) is 0 Å². The fraction of sp³-hybridized carbons (Fsp3) is 0.667. The van der Waals surface area contributed by atoms with Gasteiger partial charge in [0.1, 0.15) is 0 Å². The van der Waals surface area contributed by atoms with Gasteiger partial charge in [-0.15, -0.1) is 0 Å². The number of rotatable bonds is 7. The normalized spacial score (nSPS) is 12.4. The lowest BCUT2D eigenvalue weighted by atomic mass is 10.3. The molecule has 0 amide bonds. The number of aromatic nitrogens is 2. The van der Waals surface area contributed by atoms with Gasteiger partial charge < -0.3 is 15.3 Å². The van der Waals surface area contributed by atoms with Gasteiger partial charge in [-0.25, -0.2) is 4.68 Å². The van der Waals surface area contributed by atoms with Crippen LogP contribution >= 0.6 is 0 Å². The third-order valence-electron chi connectivity index (χ3n) is 2.68. The van der Waals surface area contributed by atoms with E-state index in [1.165, 1.54) is 4.68 Å². The first-order valence-electron chi connectivity index (χ1n) is 6.19. The van der Waals surface area contributed by atoms with Crippen molar-refractivity contribution in [3.8, 4) is 0 Å². The topological polar surface area (TPSA) is 70.4 Å². The quantitative estimate of drug-likeness (QED) is 0.697. The molecular weight excluding hydrogens is 232 g/mol. The summed E-state index contributed by atoms with van der Waals surface area (Å²) >= 11 is 0. The number of anilines is 1. The van der Waals surface area contributed by atoms with Gasteiger partial charge in [0, 0.05) is 26.2 Å². The van der Waals surface area contributed by atoms with Crippen molar-refractivity contribution < 1.29 is 5.11 Å². The molecule has 1 aromatic heterocycles. The lowest BCUT2D eigenvalue weighted by Gasteiger charge is -2.18. The first-order chi connectivity index (χ1) is 8.58. The molecule has 1 atom stereocenters. The predicted molar refractivity (Wildman–Crippen MR) is 72.0 cm³/mol. The van der Waals surface area contributed by atoms with Crippen LogP contribution in [0.4, 0.5) is 5.69 Å². The van der Waals surface area contributed by atoms with E-state index in [2.05, 4.69) is 17.3 Å². The number of aliphatic hydroxyl groups excluding tert-OH is 1. The van der Waals surface area contributed by atoms with E-state index in [1.807, 2.05) is 11.9 Å². The molecule has 2 N–H and O–H groups in total. The molecule has 1 aromatic rings. The van der Waals surface area contributed by atoms with E-state index in [0.717, 1.165) is 18.7 Å². The lowest BCUT2D eigenvalue weighted by molar-refractivity contribution is 0.147. The van der Waals surface area contributed by atoms with Crippen LogP contribution in [0.1, 0.15) is 13.3 Å². The summed E-state index contributed by atoms with van der Waals surface area (Å²) in [6.45, 7) is 3.61. The zero-order valence-corrected chi connectivity index (χ0v) is 11.3. The maximum absolute atomic E-state index is 11.8. The average molecular weight is 254 g/mol. The molecule has 0 aliphatic heterocycles. The van der Waals surface area contributed by atoms with Gasteiger partial charge in [-0.3, -0.25) is 4.79 Å². The van der Waals surface area contributed by atoms with Crippen LogP contribution in [0.3, 0.4) is 0 Å². The van der Waals surface area contributed by atoms with Crippen LogP contribution in [0.25, 0.3) is 0 Å². The molecule has 0 saturated carbocycles. The molecule has 0 spiro atoms. The van der Waals surface area contributed by atoms with Crippen molar-refractivity contribution in [2.75, 3.05) is 32.1 Å². The number of aliphatic hydroxyl groups is 1. The minimum atomic E-state index is -0.612. The molecule has 1 rings (SSSR count). The molecule has 1 heterocycles. The highest BCUT2D eigenvalue weighted by molar-refractivity contribution is 5.41.